The van der Waals surface area contributed by atoms with E-state index in [2.05, 4.69) is 61.3 Å². The van der Waals surface area contributed by atoms with E-state index in [0.717, 1.165) is 5.69 Å². The molecule has 0 atom stereocenters. The first-order valence-corrected chi connectivity index (χ1v) is 6.29. The van der Waals surface area contributed by atoms with Crippen LogP contribution in [0.3, 0.4) is 0 Å². The van der Waals surface area contributed by atoms with E-state index >= 15 is 0 Å². The second kappa shape index (κ2) is 6.24. The van der Waals surface area contributed by atoms with Gasteiger partial charge in [-0.3, -0.25) is 5.10 Å². The van der Waals surface area contributed by atoms with Crippen molar-refractivity contribution in [3.05, 3.63) is 41.6 Å². The van der Waals surface area contributed by atoms with Crippen molar-refractivity contribution in [2.24, 2.45) is 0 Å². The third-order valence-corrected chi connectivity index (χ3v) is 2.57. The number of benzene rings is 1. The molecule has 2 aromatic rings. The summed E-state index contributed by atoms with van der Waals surface area (Å²) >= 11 is 0. The zero-order chi connectivity index (χ0) is 12.8. The number of aromatic nitrogens is 2. The quantitative estimate of drug-likeness (QED) is 0.806. The van der Waals surface area contributed by atoms with E-state index in [1.807, 2.05) is 13.8 Å². The fourth-order valence-corrected chi connectivity index (χ4v) is 1.50. The molecule has 0 aliphatic carbocycles. The Hall–Kier alpha value is -1.57. The van der Waals surface area contributed by atoms with Crippen LogP contribution in [-0.4, -0.2) is 10.2 Å². The predicted octanol–water partition coefficient (Wildman–Crippen LogP) is 4.53. The van der Waals surface area contributed by atoms with Crippen LogP contribution in [0.25, 0.3) is 11.3 Å². The van der Waals surface area contributed by atoms with Crippen LogP contribution in [0, 0.1) is 6.92 Å². The molecule has 2 rings (SSSR count). The Labute approximate surface area is 104 Å². The number of nitrogens with one attached hydrogen (secondary N) is 1. The molecule has 1 heterocycles. The molecule has 0 saturated carbocycles. The summed E-state index contributed by atoms with van der Waals surface area (Å²) in [6, 6.07) is 10.6. The first-order chi connectivity index (χ1) is 8.16. The summed E-state index contributed by atoms with van der Waals surface area (Å²) in [6.07, 6.45) is 0. The molecule has 0 unspecified atom stereocenters. The molecule has 0 saturated heterocycles. The minimum absolute atomic E-state index is 0.497. The zero-order valence-corrected chi connectivity index (χ0v) is 11.4. The molecule has 2 heteroatoms. The summed E-state index contributed by atoms with van der Waals surface area (Å²) in [5, 5.41) is 7.38. The molecule has 0 radical (unpaired) electrons. The Morgan fingerprint density at radius 2 is 1.65 bits per heavy atom. The lowest BCUT2D eigenvalue weighted by atomic mass is 10.1. The Morgan fingerprint density at radius 1 is 1.06 bits per heavy atom. The molecule has 1 N–H and O–H groups in total. The maximum Gasteiger partial charge on any atom is 0.0923 e. The lowest BCUT2D eigenvalue weighted by molar-refractivity contribution is 0.811. The average Bonchev–Trinajstić information content (AvgIpc) is 2.82. The fraction of sp³-hybridized carbons (Fsp3) is 0.400. The minimum atomic E-state index is 0.497. The van der Waals surface area contributed by atoms with Crippen LogP contribution in [0.5, 0.6) is 0 Å². The largest absolute Gasteiger partial charge is 0.282 e. The summed E-state index contributed by atoms with van der Waals surface area (Å²) in [6.45, 7) is 10.4. The van der Waals surface area contributed by atoms with Gasteiger partial charge in [0.15, 0.2) is 0 Å². The summed E-state index contributed by atoms with van der Waals surface area (Å²) in [5.74, 6) is 0.497. The summed E-state index contributed by atoms with van der Waals surface area (Å²) < 4.78 is 0. The second-order valence-corrected chi connectivity index (χ2v) is 4.23. The molecule has 17 heavy (non-hydrogen) atoms. The van der Waals surface area contributed by atoms with Gasteiger partial charge in [-0.1, -0.05) is 57.5 Å². The molecule has 1 aromatic heterocycles. The standard InChI is InChI=1S/C13H16N2.C2H6/c1-9(2)12-8-13(15-14-12)11-6-4-10(3)5-7-11;1-2/h4-9H,1-3H3,(H,14,15);1-2H3. The minimum Gasteiger partial charge on any atom is -0.282 e. The molecule has 0 spiro atoms. The molecule has 1 aromatic carbocycles. The van der Waals surface area contributed by atoms with Crippen LogP contribution in [-0.2, 0) is 0 Å². The second-order valence-electron chi connectivity index (χ2n) is 4.23. The highest BCUT2D eigenvalue weighted by Crippen LogP contribution is 2.21. The van der Waals surface area contributed by atoms with Crippen LogP contribution in [0.4, 0.5) is 0 Å². The van der Waals surface area contributed by atoms with E-state index in [9.17, 15) is 0 Å². The molecule has 0 fully saturated rings. The van der Waals surface area contributed by atoms with E-state index < -0.39 is 0 Å². The average molecular weight is 230 g/mol. The first kappa shape index (κ1) is 13.5. The Morgan fingerprint density at radius 3 is 2.12 bits per heavy atom. The highest BCUT2D eigenvalue weighted by molar-refractivity contribution is 5.59. The van der Waals surface area contributed by atoms with Gasteiger partial charge in [0.1, 0.15) is 0 Å². The van der Waals surface area contributed by atoms with Crippen molar-refractivity contribution in [2.45, 2.75) is 40.5 Å². The van der Waals surface area contributed by atoms with Crippen molar-refractivity contribution in [3.8, 4) is 11.3 Å². The SMILES string of the molecule is CC.Cc1ccc(-c2cc(C(C)C)[nH]n2)cc1. The van der Waals surface area contributed by atoms with Crippen molar-refractivity contribution in [3.63, 3.8) is 0 Å². The number of hydrogen-bond acceptors (Lipinski definition) is 1. The molecule has 0 amide bonds. The van der Waals surface area contributed by atoms with Crippen molar-refractivity contribution in [1.29, 1.82) is 0 Å². The van der Waals surface area contributed by atoms with Crippen LogP contribution in [0.2, 0.25) is 0 Å². The van der Waals surface area contributed by atoms with Crippen LogP contribution in [0.15, 0.2) is 30.3 Å². The van der Waals surface area contributed by atoms with Gasteiger partial charge in [0.2, 0.25) is 0 Å². The lowest BCUT2D eigenvalue weighted by Gasteiger charge is -1.97. The van der Waals surface area contributed by atoms with E-state index in [4.69, 9.17) is 0 Å². The summed E-state index contributed by atoms with van der Waals surface area (Å²) in [4.78, 5) is 0. The third kappa shape index (κ3) is 3.45. The summed E-state index contributed by atoms with van der Waals surface area (Å²) in [7, 11) is 0. The number of aryl methyl sites for hydroxylation is 1. The third-order valence-electron chi connectivity index (χ3n) is 2.57. The molecular weight excluding hydrogens is 208 g/mol. The topological polar surface area (TPSA) is 28.7 Å². The summed E-state index contributed by atoms with van der Waals surface area (Å²) in [5.41, 5.74) is 4.66. The van der Waals surface area contributed by atoms with E-state index in [0.29, 0.717) is 5.92 Å². The van der Waals surface area contributed by atoms with Gasteiger partial charge in [-0.2, -0.15) is 5.10 Å². The van der Waals surface area contributed by atoms with Gasteiger partial charge in [-0.25, -0.2) is 0 Å². The van der Waals surface area contributed by atoms with E-state index in [-0.39, 0.29) is 0 Å². The van der Waals surface area contributed by atoms with Gasteiger partial charge in [0, 0.05) is 11.3 Å². The predicted molar refractivity (Wildman–Crippen MR) is 74.2 cm³/mol. The van der Waals surface area contributed by atoms with Gasteiger partial charge in [0.05, 0.1) is 5.69 Å². The monoisotopic (exact) mass is 230 g/mol. The van der Waals surface area contributed by atoms with Crippen molar-refractivity contribution in [1.82, 2.24) is 10.2 Å². The molecule has 0 aliphatic heterocycles. The fourth-order valence-electron chi connectivity index (χ4n) is 1.50. The smallest absolute Gasteiger partial charge is 0.0923 e. The number of aromatic amines is 1. The van der Waals surface area contributed by atoms with E-state index in [1.165, 1.54) is 16.8 Å². The highest BCUT2D eigenvalue weighted by Gasteiger charge is 2.05. The Bertz CT molecular complexity index is 438. The Balaban J connectivity index is 0.000000686. The lowest BCUT2D eigenvalue weighted by Crippen LogP contribution is -1.85. The normalized spacial score (nSPS) is 10.0. The number of rotatable bonds is 2. The van der Waals surface area contributed by atoms with Crippen molar-refractivity contribution >= 4 is 0 Å². The van der Waals surface area contributed by atoms with Crippen LogP contribution >= 0.6 is 0 Å². The molecule has 0 aliphatic rings. The molecule has 92 valence electrons. The van der Waals surface area contributed by atoms with Gasteiger partial charge in [-0.15, -0.1) is 0 Å². The zero-order valence-electron chi connectivity index (χ0n) is 11.4. The van der Waals surface area contributed by atoms with Gasteiger partial charge in [-0.05, 0) is 18.9 Å². The van der Waals surface area contributed by atoms with Gasteiger partial charge >= 0.3 is 0 Å². The first-order valence-electron chi connectivity index (χ1n) is 6.29. The molecule has 2 nitrogen and oxygen atoms in total. The number of H-pyrrole nitrogens is 1. The Kier molecular flexibility index (Phi) is 4.95. The van der Waals surface area contributed by atoms with Crippen molar-refractivity contribution < 1.29 is 0 Å². The highest BCUT2D eigenvalue weighted by atomic mass is 15.1. The number of hydrogen-bond donors (Lipinski definition) is 1. The van der Waals surface area contributed by atoms with Crippen molar-refractivity contribution in [2.75, 3.05) is 0 Å². The molecule has 0 bridgehead atoms. The number of nitrogens with zero attached hydrogens (tertiary/aromatic N) is 1. The van der Waals surface area contributed by atoms with E-state index in [1.54, 1.807) is 0 Å². The van der Waals surface area contributed by atoms with Gasteiger partial charge < -0.3 is 0 Å². The maximum atomic E-state index is 4.31. The maximum absolute atomic E-state index is 4.31. The van der Waals surface area contributed by atoms with Gasteiger partial charge in [0.25, 0.3) is 0 Å². The van der Waals surface area contributed by atoms with Crippen LogP contribution in [0.1, 0.15) is 44.9 Å². The molecular formula is C15H22N2. The van der Waals surface area contributed by atoms with Crippen LogP contribution < -0.4 is 0 Å².